The Kier molecular flexibility index (Phi) is 10.6. The summed E-state index contributed by atoms with van der Waals surface area (Å²) in [4.78, 5) is 4.87. The van der Waals surface area contributed by atoms with Crippen molar-refractivity contribution >= 4 is 32.8 Å². The zero-order valence-corrected chi connectivity index (χ0v) is 27.6. The maximum absolute atomic E-state index is 13.4. The van der Waals surface area contributed by atoms with Crippen LogP contribution in [0.25, 0.3) is 4.98 Å². The van der Waals surface area contributed by atoms with Crippen molar-refractivity contribution in [2.45, 2.75) is 75.9 Å². The van der Waals surface area contributed by atoms with Gasteiger partial charge in [-0.25, -0.2) is 8.42 Å². The summed E-state index contributed by atoms with van der Waals surface area (Å²) < 4.78 is 38.9. The summed E-state index contributed by atoms with van der Waals surface area (Å²) in [5, 5.41) is 9.70. The molecular weight excluding hydrogens is 570 g/mol. The van der Waals surface area contributed by atoms with E-state index in [1.54, 1.807) is 43.3 Å². The molecule has 0 aliphatic rings. The number of halogens is 1. The van der Waals surface area contributed by atoms with Crippen molar-refractivity contribution in [3.05, 3.63) is 81.3 Å². The van der Waals surface area contributed by atoms with Crippen molar-refractivity contribution in [2.75, 3.05) is 32.2 Å². The molecule has 0 amide bonds. The van der Waals surface area contributed by atoms with Crippen LogP contribution in [0.5, 0.6) is 11.5 Å². The van der Waals surface area contributed by atoms with Crippen LogP contribution in [0.1, 0.15) is 71.1 Å². The Balaban J connectivity index is 1.75. The Hall–Kier alpha value is -3.28. The van der Waals surface area contributed by atoms with Gasteiger partial charge in [0, 0.05) is 36.4 Å². The number of sulfone groups is 1. The fourth-order valence-electron chi connectivity index (χ4n) is 4.46. The Bertz CT molecular complexity index is 1560. The third-order valence-corrected chi connectivity index (χ3v) is 10.2. The molecule has 0 radical (unpaired) electrons. The normalized spacial score (nSPS) is 12.1. The van der Waals surface area contributed by atoms with E-state index in [0.717, 1.165) is 18.6 Å². The molecule has 9 heteroatoms. The van der Waals surface area contributed by atoms with Gasteiger partial charge in [0.15, 0.2) is 19.7 Å². The summed E-state index contributed by atoms with van der Waals surface area (Å²) in [5.41, 5.74) is 3.51. The molecule has 0 aromatic heterocycles. The van der Waals surface area contributed by atoms with Gasteiger partial charge in [-0.05, 0) is 71.2 Å². The van der Waals surface area contributed by atoms with Crippen LogP contribution in [-0.4, -0.2) is 35.7 Å². The summed E-state index contributed by atoms with van der Waals surface area (Å²) in [6, 6.07) is 16.1. The van der Waals surface area contributed by atoms with E-state index >= 15 is 0 Å². The van der Waals surface area contributed by atoms with Gasteiger partial charge in [-0.1, -0.05) is 65.3 Å². The second-order valence-electron chi connectivity index (χ2n) is 12.0. The van der Waals surface area contributed by atoms with Crippen LogP contribution in [0.2, 0.25) is 5.02 Å². The number of rotatable bonds is 13. The van der Waals surface area contributed by atoms with Crippen LogP contribution in [0, 0.1) is 5.39 Å². The Morgan fingerprint density at radius 1 is 0.881 bits per heavy atom. The summed E-state index contributed by atoms with van der Waals surface area (Å²) in [7, 11) is -0.291. The second kappa shape index (κ2) is 13.4. The minimum Gasteiger partial charge on any atom is -0.490 e. The molecule has 0 N–H and O–H groups in total. The first-order valence-electron chi connectivity index (χ1n) is 14.2. The third-order valence-electron chi connectivity index (χ3n) is 8.13. The van der Waals surface area contributed by atoms with Gasteiger partial charge >= 0.3 is 5.69 Å². The highest BCUT2D eigenvalue weighted by molar-refractivity contribution is 7.90. The fraction of sp³-hybridized carbons (Fsp3) is 0.455. The van der Waals surface area contributed by atoms with Gasteiger partial charge in [0.05, 0.1) is 5.75 Å². The molecular formula is C33H43ClN3O4S+. The van der Waals surface area contributed by atoms with Crippen LogP contribution < -0.4 is 14.4 Å². The number of diazo groups is 1. The lowest BCUT2D eigenvalue weighted by molar-refractivity contribution is 0.213. The zero-order chi connectivity index (χ0) is 31.3. The van der Waals surface area contributed by atoms with Gasteiger partial charge in [0.25, 0.3) is 0 Å². The molecule has 3 aromatic carbocycles. The number of ether oxygens (including phenoxy) is 2. The van der Waals surface area contributed by atoms with Crippen molar-refractivity contribution in [1.82, 2.24) is 0 Å². The highest BCUT2D eigenvalue weighted by Gasteiger charge is 2.29. The lowest BCUT2D eigenvalue weighted by Crippen LogP contribution is -2.22. The standard InChI is InChI=1S/C33H43ClN3O4S/c1-9-32(3,4)24-11-16-30(27(20-24)33(5,6)10-2)41-18-17-40-26-13-14-28(34)23(19-26)22-42(38,39)31-21-25(37(7)8)12-15-29(31)36-35/h11-16,19-21H,9-10,17-18,22H2,1-8H3/q+1. The van der Waals surface area contributed by atoms with Crippen molar-refractivity contribution < 1.29 is 17.9 Å². The van der Waals surface area contributed by atoms with Crippen LogP contribution in [0.4, 0.5) is 11.4 Å². The number of hydrogen-bond donors (Lipinski definition) is 0. The summed E-state index contributed by atoms with van der Waals surface area (Å²) in [6.45, 7) is 13.9. The number of anilines is 1. The highest BCUT2D eigenvalue weighted by atomic mass is 35.5. The summed E-state index contributed by atoms with van der Waals surface area (Å²) in [6.07, 6.45) is 2.01. The topological polar surface area (TPSA) is 84.0 Å². The monoisotopic (exact) mass is 612 g/mol. The maximum Gasteiger partial charge on any atom is 0.403 e. The molecule has 7 nitrogen and oxygen atoms in total. The summed E-state index contributed by atoms with van der Waals surface area (Å²) >= 11 is 6.39. The van der Waals surface area contributed by atoms with E-state index in [9.17, 15) is 13.8 Å². The van der Waals surface area contributed by atoms with E-state index in [2.05, 4.69) is 64.7 Å². The molecule has 0 bridgehead atoms. The van der Waals surface area contributed by atoms with Crippen LogP contribution in [-0.2, 0) is 26.4 Å². The molecule has 0 spiro atoms. The molecule has 0 saturated heterocycles. The second-order valence-corrected chi connectivity index (χ2v) is 14.4. The van der Waals surface area contributed by atoms with Gasteiger partial charge in [-0.15, -0.1) is 0 Å². The minimum absolute atomic E-state index is 0.0295. The minimum atomic E-state index is -3.90. The van der Waals surface area contributed by atoms with Gasteiger partial charge in [-0.3, -0.25) is 0 Å². The highest BCUT2D eigenvalue weighted by Crippen LogP contribution is 2.38. The third kappa shape index (κ3) is 7.76. The predicted octanol–water partition coefficient (Wildman–Crippen LogP) is 8.70. The van der Waals surface area contributed by atoms with Gasteiger partial charge in [0.1, 0.15) is 24.7 Å². The van der Waals surface area contributed by atoms with E-state index in [1.165, 1.54) is 23.3 Å². The van der Waals surface area contributed by atoms with Crippen molar-refractivity contribution in [2.24, 2.45) is 0 Å². The van der Waals surface area contributed by atoms with Gasteiger partial charge in [0.2, 0.25) is 5.39 Å². The van der Waals surface area contributed by atoms with Crippen LogP contribution in [0.3, 0.4) is 0 Å². The SMILES string of the molecule is CCC(C)(C)c1ccc(OCCOc2ccc(Cl)c(CS(=O)(=O)c3cc(N(C)C)ccc3[N+]#N)c2)c(C(C)(C)CC)c1. The smallest absolute Gasteiger partial charge is 0.403 e. The molecule has 0 aliphatic heterocycles. The average Bonchev–Trinajstić information content (AvgIpc) is 2.96. The molecule has 3 aromatic rings. The largest absolute Gasteiger partial charge is 0.490 e. The molecule has 42 heavy (non-hydrogen) atoms. The lowest BCUT2D eigenvalue weighted by Gasteiger charge is -2.30. The average molecular weight is 613 g/mol. The molecule has 0 atom stereocenters. The zero-order valence-electron chi connectivity index (χ0n) is 26.0. The van der Waals surface area contributed by atoms with Crippen LogP contribution >= 0.6 is 11.6 Å². The molecule has 3 rings (SSSR count). The Morgan fingerprint density at radius 3 is 2.17 bits per heavy atom. The van der Waals surface area contributed by atoms with Crippen LogP contribution in [0.15, 0.2) is 59.5 Å². The van der Waals surface area contributed by atoms with E-state index in [-0.39, 0.29) is 33.8 Å². The Labute approximate surface area is 256 Å². The number of nitrogens with zero attached hydrogens (tertiary/aromatic N) is 3. The van der Waals surface area contributed by atoms with E-state index < -0.39 is 9.84 Å². The summed E-state index contributed by atoms with van der Waals surface area (Å²) in [5.74, 6) is 0.944. The first-order valence-corrected chi connectivity index (χ1v) is 16.3. The fourth-order valence-corrected chi connectivity index (χ4v) is 6.25. The lowest BCUT2D eigenvalue weighted by atomic mass is 9.76. The first kappa shape index (κ1) is 33.2. The molecule has 0 unspecified atom stereocenters. The van der Waals surface area contributed by atoms with Crippen molar-refractivity contribution in [3.63, 3.8) is 0 Å². The van der Waals surface area contributed by atoms with Crippen molar-refractivity contribution in [3.8, 4) is 11.5 Å². The van der Waals surface area contributed by atoms with Crippen molar-refractivity contribution in [1.29, 1.82) is 5.39 Å². The number of hydrogen-bond acceptors (Lipinski definition) is 6. The molecule has 0 saturated carbocycles. The maximum atomic E-state index is 13.4. The van der Waals surface area contributed by atoms with Gasteiger partial charge in [-0.2, -0.15) is 0 Å². The van der Waals surface area contributed by atoms with E-state index in [4.69, 9.17) is 21.1 Å². The molecule has 0 heterocycles. The quantitative estimate of drug-likeness (QED) is 0.142. The predicted molar refractivity (Wildman–Crippen MR) is 172 cm³/mol. The molecule has 0 aliphatic carbocycles. The first-order chi connectivity index (χ1) is 19.6. The van der Waals surface area contributed by atoms with E-state index in [0.29, 0.717) is 28.6 Å². The molecule has 0 fully saturated rings. The van der Waals surface area contributed by atoms with E-state index in [1.807, 2.05) is 0 Å². The van der Waals surface area contributed by atoms with Gasteiger partial charge < -0.3 is 14.4 Å². The Morgan fingerprint density at radius 2 is 1.55 bits per heavy atom. The molecule has 226 valence electrons. The number of benzene rings is 3.